The number of allylic oxidation sites excluding steroid dienone is 1. The monoisotopic (exact) mass is 470 g/mol. The van der Waals surface area contributed by atoms with Crippen LogP contribution >= 0.6 is 12.4 Å². The van der Waals surface area contributed by atoms with Gasteiger partial charge in [-0.15, -0.1) is 12.4 Å². The SMILES string of the molecule is CCCCNCCCOc1ccc(NC(=O)C2=C(O)CCc3c2nc2ccccn32)cc1.Cl. The summed E-state index contributed by atoms with van der Waals surface area (Å²) in [6, 6.07) is 13.0. The number of amides is 1. The number of hydrogen-bond acceptors (Lipinski definition) is 5. The van der Waals surface area contributed by atoms with Gasteiger partial charge in [0.2, 0.25) is 0 Å². The molecule has 3 aromatic rings. The van der Waals surface area contributed by atoms with Gasteiger partial charge in [-0.3, -0.25) is 4.79 Å². The van der Waals surface area contributed by atoms with Crippen LogP contribution < -0.4 is 15.4 Å². The maximum atomic E-state index is 13.0. The van der Waals surface area contributed by atoms with Crippen LogP contribution in [0.25, 0.3) is 11.2 Å². The van der Waals surface area contributed by atoms with E-state index in [-0.39, 0.29) is 29.6 Å². The van der Waals surface area contributed by atoms with Crippen LogP contribution in [0.3, 0.4) is 0 Å². The van der Waals surface area contributed by atoms with Crippen molar-refractivity contribution in [1.82, 2.24) is 14.7 Å². The number of pyridine rings is 1. The van der Waals surface area contributed by atoms with Crippen LogP contribution in [0.5, 0.6) is 5.75 Å². The van der Waals surface area contributed by atoms with Crippen molar-refractivity contribution in [1.29, 1.82) is 0 Å². The van der Waals surface area contributed by atoms with Gasteiger partial charge < -0.3 is 24.9 Å². The summed E-state index contributed by atoms with van der Waals surface area (Å²) in [5, 5.41) is 16.7. The Morgan fingerprint density at radius 1 is 1.12 bits per heavy atom. The van der Waals surface area contributed by atoms with E-state index in [0.29, 0.717) is 30.8 Å². The number of ether oxygens (including phenoxy) is 1. The molecule has 3 N–H and O–H groups in total. The summed E-state index contributed by atoms with van der Waals surface area (Å²) in [6.45, 7) is 4.82. The first-order valence-electron chi connectivity index (χ1n) is 11.3. The molecule has 0 unspecified atom stereocenters. The van der Waals surface area contributed by atoms with Crippen LogP contribution in [0.1, 0.15) is 44.0 Å². The van der Waals surface area contributed by atoms with E-state index in [1.165, 1.54) is 12.8 Å². The lowest BCUT2D eigenvalue weighted by Crippen LogP contribution is -2.19. The lowest BCUT2D eigenvalue weighted by Gasteiger charge is -2.16. The van der Waals surface area contributed by atoms with Crippen molar-refractivity contribution in [2.45, 2.75) is 39.0 Å². The lowest BCUT2D eigenvalue weighted by molar-refractivity contribution is -0.111. The number of carbonyl (C=O) groups excluding carboxylic acids is 1. The lowest BCUT2D eigenvalue weighted by atomic mass is 9.97. The molecule has 0 radical (unpaired) electrons. The molecule has 4 rings (SSSR count). The third-order valence-electron chi connectivity index (χ3n) is 5.57. The molecule has 1 aliphatic carbocycles. The van der Waals surface area contributed by atoms with Crippen LogP contribution in [-0.2, 0) is 11.2 Å². The van der Waals surface area contributed by atoms with E-state index in [2.05, 4.69) is 22.5 Å². The third kappa shape index (κ3) is 5.86. The van der Waals surface area contributed by atoms with Gasteiger partial charge >= 0.3 is 0 Å². The standard InChI is InChI=1S/C25H30N4O3.ClH/c1-2-3-14-26-15-6-17-32-19-10-8-18(9-11-19)27-25(31)23-21(30)13-12-20-24(23)28-22-7-4-5-16-29(20)22;/h4-5,7-11,16,26,30H,2-3,6,12-15,17H2,1H3,(H,27,31);1H. The molecule has 0 bridgehead atoms. The van der Waals surface area contributed by atoms with E-state index in [4.69, 9.17) is 4.74 Å². The summed E-state index contributed by atoms with van der Waals surface area (Å²) in [6.07, 6.45) is 6.32. The molecular weight excluding hydrogens is 440 g/mol. The summed E-state index contributed by atoms with van der Waals surface area (Å²) in [5.74, 6) is 0.475. The van der Waals surface area contributed by atoms with Gasteiger partial charge in [0.25, 0.3) is 5.91 Å². The van der Waals surface area contributed by atoms with E-state index in [1.54, 1.807) is 12.1 Å². The van der Waals surface area contributed by atoms with Gasteiger partial charge in [0.05, 0.1) is 12.3 Å². The van der Waals surface area contributed by atoms with E-state index in [9.17, 15) is 9.90 Å². The van der Waals surface area contributed by atoms with E-state index < -0.39 is 0 Å². The molecule has 2 aromatic heterocycles. The van der Waals surface area contributed by atoms with E-state index in [1.807, 2.05) is 40.9 Å². The normalized spacial score (nSPS) is 12.9. The van der Waals surface area contributed by atoms with Crippen molar-refractivity contribution in [2.75, 3.05) is 25.0 Å². The number of fused-ring (bicyclic) bond motifs is 3. The third-order valence-corrected chi connectivity index (χ3v) is 5.57. The molecule has 0 saturated heterocycles. The van der Waals surface area contributed by atoms with Gasteiger partial charge in [0.15, 0.2) is 0 Å². The minimum atomic E-state index is -0.362. The fraction of sp³-hybridized carbons (Fsp3) is 0.360. The van der Waals surface area contributed by atoms with Gasteiger partial charge in [-0.25, -0.2) is 4.98 Å². The highest BCUT2D eigenvalue weighted by Crippen LogP contribution is 2.31. The number of benzene rings is 1. The number of aliphatic hydroxyl groups excluding tert-OH is 1. The quantitative estimate of drug-likeness (QED) is 0.371. The maximum absolute atomic E-state index is 13.0. The Morgan fingerprint density at radius 3 is 2.70 bits per heavy atom. The van der Waals surface area contributed by atoms with Crippen molar-refractivity contribution < 1.29 is 14.6 Å². The second-order valence-electron chi connectivity index (χ2n) is 7.94. The molecule has 176 valence electrons. The number of anilines is 1. The molecule has 2 heterocycles. The van der Waals surface area contributed by atoms with Crippen LogP contribution in [0, 0.1) is 0 Å². The number of aryl methyl sites for hydroxylation is 1. The number of nitrogens with zero attached hydrogens (tertiary/aromatic N) is 2. The number of halogens is 1. The molecule has 1 aromatic carbocycles. The Labute approximate surface area is 200 Å². The Morgan fingerprint density at radius 2 is 1.91 bits per heavy atom. The highest BCUT2D eigenvalue weighted by atomic mass is 35.5. The van der Waals surface area contributed by atoms with Gasteiger partial charge in [0, 0.05) is 18.3 Å². The molecule has 1 aliphatic rings. The van der Waals surface area contributed by atoms with Gasteiger partial charge in [-0.1, -0.05) is 19.4 Å². The second kappa shape index (κ2) is 11.7. The number of imidazole rings is 1. The van der Waals surface area contributed by atoms with E-state index in [0.717, 1.165) is 36.6 Å². The van der Waals surface area contributed by atoms with Crippen molar-refractivity contribution in [2.24, 2.45) is 0 Å². The minimum absolute atomic E-state index is 0. The molecule has 0 fully saturated rings. The average Bonchev–Trinajstić information content (AvgIpc) is 3.17. The Balaban J connectivity index is 0.00000306. The molecule has 7 nitrogen and oxygen atoms in total. The molecule has 0 saturated carbocycles. The number of aromatic nitrogens is 2. The van der Waals surface area contributed by atoms with Crippen LogP contribution in [0.4, 0.5) is 5.69 Å². The fourth-order valence-corrected chi connectivity index (χ4v) is 3.86. The fourth-order valence-electron chi connectivity index (χ4n) is 3.86. The van der Waals surface area contributed by atoms with Crippen molar-refractivity contribution in [3.8, 4) is 5.75 Å². The van der Waals surface area contributed by atoms with Crippen LogP contribution in [0.2, 0.25) is 0 Å². The molecule has 0 atom stereocenters. The topological polar surface area (TPSA) is 87.9 Å². The molecule has 8 heteroatoms. The number of hydrogen-bond donors (Lipinski definition) is 3. The predicted octanol–water partition coefficient (Wildman–Crippen LogP) is 4.77. The van der Waals surface area contributed by atoms with Crippen LogP contribution in [-0.4, -0.2) is 40.1 Å². The Kier molecular flexibility index (Phi) is 8.74. The first-order valence-corrected chi connectivity index (χ1v) is 11.3. The smallest absolute Gasteiger partial charge is 0.261 e. The zero-order valence-electron chi connectivity index (χ0n) is 18.8. The first-order chi connectivity index (χ1) is 15.7. The summed E-state index contributed by atoms with van der Waals surface area (Å²) in [5.41, 5.74) is 3.13. The number of aliphatic hydroxyl groups is 1. The second-order valence-corrected chi connectivity index (χ2v) is 7.94. The van der Waals surface area contributed by atoms with Crippen molar-refractivity contribution in [3.05, 3.63) is 65.8 Å². The Bertz CT molecular complexity index is 1110. The number of carbonyl (C=O) groups is 1. The molecular formula is C25H31ClN4O3. The molecule has 1 amide bonds. The van der Waals surface area contributed by atoms with Gasteiger partial charge in [-0.2, -0.15) is 0 Å². The Hall–Kier alpha value is -3.03. The summed E-state index contributed by atoms with van der Waals surface area (Å²) in [7, 11) is 0. The van der Waals surface area contributed by atoms with Gasteiger partial charge in [0.1, 0.15) is 28.4 Å². The summed E-state index contributed by atoms with van der Waals surface area (Å²) in [4.78, 5) is 17.6. The summed E-state index contributed by atoms with van der Waals surface area (Å²) < 4.78 is 7.74. The van der Waals surface area contributed by atoms with Crippen molar-refractivity contribution >= 4 is 35.2 Å². The zero-order chi connectivity index (χ0) is 22.3. The number of rotatable bonds is 10. The van der Waals surface area contributed by atoms with Crippen LogP contribution in [0.15, 0.2) is 54.4 Å². The maximum Gasteiger partial charge on any atom is 0.261 e. The number of nitrogens with one attached hydrogen (secondary N) is 2. The van der Waals surface area contributed by atoms with E-state index >= 15 is 0 Å². The molecule has 0 aliphatic heterocycles. The minimum Gasteiger partial charge on any atom is -0.511 e. The highest BCUT2D eigenvalue weighted by Gasteiger charge is 2.28. The highest BCUT2D eigenvalue weighted by molar-refractivity contribution is 6.26. The molecule has 0 spiro atoms. The van der Waals surface area contributed by atoms with Gasteiger partial charge in [-0.05, 0) is 68.8 Å². The average molecular weight is 471 g/mol. The largest absolute Gasteiger partial charge is 0.511 e. The zero-order valence-corrected chi connectivity index (χ0v) is 19.7. The molecule has 33 heavy (non-hydrogen) atoms. The predicted molar refractivity (Wildman–Crippen MR) is 133 cm³/mol. The number of unbranched alkanes of at least 4 members (excludes halogenated alkanes) is 1. The first kappa shape index (κ1) is 24.6. The van der Waals surface area contributed by atoms with Crippen molar-refractivity contribution in [3.63, 3.8) is 0 Å². The summed E-state index contributed by atoms with van der Waals surface area (Å²) >= 11 is 0.